The summed E-state index contributed by atoms with van der Waals surface area (Å²) in [6, 6.07) is 10.2. The number of benzene rings is 1. The van der Waals surface area contributed by atoms with E-state index in [4.69, 9.17) is 16.3 Å². The summed E-state index contributed by atoms with van der Waals surface area (Å²) in [7, 11) is 0. The van der Waals surface area contributed by atoms with E-state index in [-0.39, 0.29) is 0 Å². The number of thiazole rings is 1. The molecule has 0 bridgehead atoms. The van der Waals surface area contributed by atoms with Gasteiger partial charge >= 0.3 is 0 Å². The predicted octanol–water partition coefficient (Wildman–Crippen LogP) is 3.62. The maximum absolute atomic E-state index is 5.77. The predicted molar refractivity (Wildman–Crippen MR) is 79.2 cm³/mol. The van der Waals surface area contributed by atoms with Gasteiger partial charge in [-0.3, -0.25) is 4.68 Å². The summed E-state index contributed by atoms with van der Waals surface area (Å²) in [5, 5.41) is 4.28. The number of nitrogens with zero attached hydrogens (tertiary/aromatic N) is 3. The molecule has 0 spiro atoms. The van der Waals surface area contributed by atoms with Crippen molar-refractivity contribution in [2.75, 3.05) is 0 Å². The first-order chi connectivity index (χ1) is 9.79. The third-order valence-electron chi connectivity index (χ3n) is 2.70. The molecule has 0 unspecified atom stereocenters. The van der Waals surface area contributed by atoms with E-state index >= 15 is 0 Å². The Morgan fingerprint density at radius 1 is 1.20 bits per heavy atom. The molecule has 2 aromatic heterocycles. The van der Waals surface area contributed by atoms with Crippen molar-refractivity contribution in [3.8, 4) is 5.75 Å². The molecule has 0 aliphatic heterocycles. The highest BCUT2D eigenvalue weighted by Gasteiger charge is 2.03. The molecule has 0 aliphatic rings. The molecule has 0 atom stereocenters. The molecule has 0 fully saturated rings. The van der Waals surface area contributed by atoms with Gasteiger partial charge in [0.2, 0.25) is 0 Å². The van der Waals surface area contributed by atoms with Crippen LogP contribution in [0.25, 0.3) is 0 Å². The monoisotopic (exact) mass is 305 g/mol. The molecule has 0 N–H and O–H groups in total. The Labute approximate surface area is 125 Å². The van der Waals surface area contributed by atoms with E-state index in [1.54, 1.807) is 12.4 Å². The van der Waals surface area contributed by atoms with Gasteiger partial charge in [-0.25, -0.2) is 4.98 Å². The fraction of sp³-hybridized carbons (Fsp3) is 0.143. The van der Waals surface area contributed by atoms with Crippen LogP contribution in [0.1, 0.15) is 10.4 Å². The second kappa shape index (κ2) is 6.07. The molecule has 0 aliphatic carbocycles. The van der Waals surface area contributed by atoms with E-state index in [0.29, 0.717) is 11.1 Å². The molecule has 1 aromatic carbocycles. The van der Waals surface area contributed by atoms with Crippen molar-refractivity contribution in [1.82, 2.24) is 14.8 Å². The summed E-state index contributed by atoms with van der Waals surface area (Å²) in [6.45, 7) is 1.19. The Balaban J connectivity index is 1.59. The summed E-state index contributed by atoms with van der Waals surface area (Å²) in [6.07, 6.45) is 5.32. The average molecular weight is 306 g/mol. The minimum atomic E-state index is 0.460. The molecule has 102 valence electrons. The first kappa shape index (κ1) is 13.1. The fourth-order valence-corrected chi connectivity index (χ4v) is 2.67. The molecule has 4 nitrogen and oxygen atoms in total. The SMILES string of the molecule is Clc1ncc(COc2cnn(Cc3ccccc3)c2)s1. The minimum Gasteiger partial charge on any atom is -0.485 e. The quantitative estimate of drug-likeness (QED) is 0.723. The zero-order valence-corrected chi connectivity index (χ0v) is 12.1. The highest BCUT2D eigenvalue weighted by molar-refractivity contribution is 7.15. The molecule has 20 heavy (non-hydrogen) atoms. The van der Waals surface area contributed by atoms with Crippen LogP contribution >= 0.6 is 22.9 Å². The summed E-state index contributed by atoms with van der Waals surface area (Å²) in [5.41, 5.74) is 1.20. The van der Waals surface area contributed by atoms with E-state index < -0.39 is 0 Å². The van der Waals surface area contributed by atoms with Crippen LogP contribution in [0.15, 0.2) is 48.9 Å². The fourth-order valence-electron chi connectivity index (χ4n) is 1.78. The maximum Gasteiger partial charge on any atom is 0.183 e. The summed E-state index contributed by atoms with van der Waals surface area (Å²) < 4.78 is 8.03. The standard InChI is InChI=1S/C14H12ClN3OS/c15-14-16-7-13(20-14)10-19-12-6-17-18(9-12)8-11-4-2-1-3-5-11/h1-7,9H,8,10H2. The van der Waals surface area contributed by atoms with Crippen molar-refractivity contribution in [3.05, 3.63) is 63.8 Å². The van der Waals surface area contributed by atoms with Crippen LogP contribution in [-0.2, 0) is 13.2 Å². The van der Waals surface area contributed by atoms with Crippen molar-refractivity contribution in [1.29, 1.82) is 0 Å². The molecule has 6 heteroatoms. The van der Waals surface area contributed by atoms with Crippen LogP contribution in [0.4, 0.5) is 0 Å². The lowest BCUT2D eigenvalue weighted by Crippen LogP contribution is -1.99. The van der Waals surface area contributed by atoms with Gasteiger partial charge in [-0.15, -0.1) is 11.3 Å². The van der Waals surface area contributed by atoms with Crippen molar-refractivity contribution < 1.29 is 4.74 Å². The van der Waals surface area contributed by atoms with Crippen LogP contribution in [0.2, 0.25) is 4.47 Å². The lowest BCUT2D eigenvalue weighted by molar-refractivity contribution is 0.309. The van der Waals surface area contributed by atoms with E-state index in [0.717, 1.165) is 17.2 Å². The Kier molecular flexibility index (Phi) is 3.99. The van der Waals surface area contributed by atoms with Gasteiger partial charge in [-0.05, 0) is 5.56 Å². The zero-order valence-electron chi connectivity index (χ0n) is 10.6. The molecule has 3 aromatic rings. The molecular weight excluding hydrogens is 294 g/mol. The van der Waals surface area contributed by atoms with Gasteiger partial charge in [0.25, 0.3) is 0 Å². The average Bonchev–Trinajstić information content (AvgIpc) is 3.07. The van der Waals surface area contributed by atoms with Gasteiger partial charge in [0.05, 0.1) is 23.8 Å². The van der Waals surface area contributed by atoms with Crippen LogP contribution in [0, 0.1) is 0 Å². The molecule has 0 radical (unpaired) electrons. The minimum absolute atomic E-state index is 0.460. The lowest BCUT2D eigenvalue weighted by Gasteiger charge is -2.01. The largest absolute Gasteiger partial charge is 0.485 e. The Bertz CT molecular complexity index is 681. The van der Waals surface area contributed by atoms with Crippen LogP contribution in [0.5, 0.6) is 5.75 Å². The van der Waals surface area contributed by atoms with Gasteiger partial charge in [0, 0.05) is 6.20 Å². The molecule has 0 amide bonds. The molecule has 0 saturated heterocycles. The van der Waals surface area contributed by atoms with Crippen molar-refractivity contribution in [2.24, 2.45) is 0 Å². The number of rotatable bonds is 5. The van der Waals surface area contributed by atoms with E-state index in [1.807, 2.05) is 29.1 Å². The number of hydrogen-bond acceptors (Lipinski definition) is 4. The van der Waals surface area contributed by atoms with Crippen molar-refractivity contribution in [2.45, 2.75) is 13.2 Å². The van der Waals surface area contributed by atoms with Crippen molar-refractivity contribution in [3.63, 3.8) is 0 Å². The zero-order chi connectivity index (χ0) is 13.8. The highest BCUT2D eigenvalue weighted by Crippen LogP contribution is 2.20. The van der Waals surface area contributed by atoms with Crippen LogP contribution in [-0.4, -0.2) is 14.8 Å². The third-order valence-corrected chi connectivity index (χ3v) is 3.79. The summed E-state index contributed by atoms with van der Waals surface area (Å²) in [5.74, 6) is 0.741. The first-order valence-corrected chi connectivity index (χ1v) is 7.28. The normalized spacial score (nSPS) is 10.7. The number of aromatic nitrogens is 3. The summed E-state index contributed by atoms with van der Waals surface area (Å²) >= 11 is 7.19. The number of halogens is 1. The first-order valence-electron chi connectivity index (χ1n) is 6.09. The van der Waals surface area contributed by atoms with Gasteiger partial charge in [0.15, 0.2) is 10.2 Å². The molecule has 2 heterocycles. The van der Waals surface area contributed by atoms with Gasteiger partial charge in [-0.1, -0.05) is 41.9 Å². The molecular formula is C14H12ClN3OS. The van der Waals surface area contributed by atoms with E-state index in [1.165, 1.54) is 16.9 Å². The Morgan fingerprint density at radius 2 is 2.05 bits per heavy atom. The Hall–Kier alpha value is -1.85. The topological polar surface area (TPSA) is 39.9 Å². The summed E-state index contributed by atoms with van der Waals surface area (Å²) in [4.78, 5) is 4.96. The van der Waals surface area contributed by atoms with Crippen LogP contribution in [0.3, 0.4) is 0 Å². The van der Waals surface area contributed by atoms with Gasteiger partial charge < -0.3 is 4.74 Å². The number of ether oxygens (including phenoxy) is 1. The second-order valence-corrected chi connectivity index (χ2v) is 5.92. The molecule has 3 rings (SSSR count). The van der Waals surface area contributed by atoms with Crippen LogP contribution < -0.4 is 4.74 Å². The third kappa shape index (κ3) is 3.37. The van der Waals surface area contributed by atoms with Gasteiger partial charge in [-0.2, -0.15) is 5.10 Å². The van der Waals surface area contributed by atoms with Crippen molar-refractivity contribution >= 4 is 22.9 Å². The van der Waals surface area contributed by atoms with E-state index in [2.05, 4.69) is 22.2 Å². The Morgan fingerprint density at radius 3 is 2.80 bits per heavy atom. The number of hydrogen-bond donors (Lipinski definition) is 0. The highest BCUT2D eigenvalue weighted by atomic mass is 35.5. The smallest absolute Gasteiger partial charge is 0.183 e. The maximum atomic E-state index is 5.77. The molecule has 0 saturated carbocycles. The van der Waals surface area contributed by atoms with Gasteiger partial charge in [0.1, 0.15) is 6.61 Å². The van der Waals surface area contributed by atoms with E-state index in [9.17, 15) is 0 Å². The second-order valence-electron chi connectivity index (χ2n) is 4.23. The lowest BCUT2D eigenvalue weighted by atomic mass is 10.2.